The first-order chi connectivity index (χ1) is 11.9. The smallest absolute Gasteiger partial charge is 0.240 e. The van der Waals surface area contributed by atoms with Crippen LogP contribution in [0.25, 0.3) is 0 Å². The van der Waals surface area contributed by atoms with Gasteiger partial charge in [0.2, 0.25) is 10.0 Å². The average Bonchev–Trinajstić information content (AvgIpc) is 2.60. The van der Waals surface area contributed by atoms with Crippen molar-refractivity contribution in [1.29, 1.82) is 0 Å². The second kappa shape index (κ2) is 8.06. The topological polar surface area (TPSA) is 49.4 Å². The fraction of sp³-hybridized carbons (Fsp3) is 0.333. The Bertz CT molecular complexity index is 820. The number of halogens is 2. The van der Waals surface area contributed by atoms with Crippen LogP contribution in [0.4, 0.5) is 0 Å². The molecule has 0 radical (unpaired) electrons. The second-order valence-corrected chi connectivity index (χ2v) is 8.76. The van der Waals surface area contributed by atoms with Gasteiger partial charge in [0.25, 0.3) is 0 Å². The van der Waals surface area contributed by atoms with Gasteiger partial charge in [-0.05, 0) is 36.6 Å². The van der Waals surface area contributed by atoms with Crippen molar-refractivity contribution in [1.82, 2.24) is 9.62 Å². The van der Waals surface area contributed by atoms with E-state index in [0.717, 1.165) is 32.5 Å². The molecule has 0 spiro atoms. The molecule has 3 rings (SSSR count). The predicted octanol–water partition coefficient (Wildman–Crippen LogP) is 3.94. The van der Waals surface area contributed by atoms with Gasteiger partial charge in [0.05, 0.1) is 14.9 Å². The van der Waals surface area contributed by atoms with Gasteiger partial charge in [-0.15, -0.1) is 0 Å². The third-order valence-corrected chi connectivity index (χ3v) is 6.62. The lowest BCUT2D eigenvalue weighted by Gasteiger charge is -2.32. The van der Waals surface area contributed by atoms with Crippen LogP contribution in [-0.4, -0.2) is 32.4 Å². The van der Waals surface area contributed by atoms with E-state index in [-0.39, 0.29) is 16.0 Å². The Morgan fingerprint density at radius 3 is 2.32 bits per heavy atom. The van der Waals surface area contributed by atoms with Crippen LogP contribution in [0.1, 0.15) is 18.4 Å². The first-order valence-electron chi connectivity index (χ1n) is 8.18. The molecule has 25 heavy (non-hydrogen) atoms. The van der Waals surface area contributed by atoms with Gasteiger partial charge in [-0.2, -0.15) is 0 Å². The quantitative estimate of drug-likeness (QED) is 0.829. The Labute approximate surface area is 158 Å². The number of likely N-dealkylation sites (tertiary alicyclic amines) is 1. The number of nitrogens with one attached hydrogen (secondary N) is 1. The number of sulfonamides is 1. The predicted molar refractivity (Wildman–Crippen MR) is 102 cm³/mol. The van der Waals surface area contributed by atoms with Gasteiger partial charge in [0.15, 0.2) is 0 Å². The molecule has 7 heteroatoms. The van der Waals surface area contributed by atoms with Crippen molar-refractivity contribution in [2.45, 2.75) is 30.3 Å². The largest absolute Gasteiger partial charge is 0.299 e. The molecule has 4 nitrogen and oxygen atoms in total. The first kappa shape index (κ1) is 18.7. The summed E-state index contributed by atoms with van der Waals surface area (Å²) in [5, 5.41) is 0.581. The van der Waals surface area contributed by atoms with Crippen molar-refractivity contribution >= 4 is 33.2 Å². The summed E-state index contributed by atoms with van der Waals surface area (Å²) in [5.74, 6) is 0. The lowest BCUT2D eigenvalue weighted by molar-refractivity contribution is 0.200. The minimum absolute atomic E-state index is 0.0634. The zero-order valence-corrected chi connectivity index (χ0v) is 16.0. The maximum absolute atomic E-state index is 12.5. The number of piperidine rings is 1. The number of nitrogens with zero attached hydrogens (tertiary/aromatic N) is 1. The Morgan fingerprint density at radius 1 is 1.00 bits per heavy atom. The Balaban J connectivity index is 1.57. The summed E-state index contributed by atoms with van der Waals surface area (Å²) in [6, 6.07) is 14.6. The summed E-state index contributed by atoms with van der Waals surface area (Å²) in [4.78, 5) is 2.49. The maximum atomic E-state index is 12.5. The summed E-state index contributed by atoms with van der Waals surface area (Å²) in [6.45, 7) is 2.63. The third kappa shape index (κ3) is 4.96. The average molecular weight is 399 g/mol. The molecule has 1 aliphatic rings. The monoisotopic (exact) mass is 398 g/mol. The van der Waals surface area contributed by atoms with Crippen LogP contribution in [0.2, 0.25) is 10.0 Å². The normalized spacial score (nSPS) is 16.9. The van der Waals surface area contributed by atoms with Crippen molar-refractivity contribution in [3.63, 3.8) is 0 Å². The number of hydrogen-bond donors (Lipinski definition) is 1. The summed E-state index contributed by atoms with van der Waals surface area (Å²) in [7, 11) is -3.59. The standard InChI is InChI=1S/C18H20Cl2N2O2S/c19-17-7-6-16(12-18(17)20)25(23,24)21-15-8-10-22(11-9-15)13-14-4-2-1-3-5-14/h1-7,12,15,21H,8-11,13H2. The third-order valence-electron chi connectivity index (χ3n) is 4.36. The van der Waals surface area contributed by atoms with Crippen LogP contribution in [-0.2, 0) is 16.6 Å². The molecule has 0 unspecified atom stereocenters. The van der Waals surface area contributed by atoms with Crippen LogP contribution in [0.15, 0.2) is 53.4 Å². The highest BCUT2D eigenvalue weighted by atomic mass is 35.5. The molecule has 0 atom stereocenters. The maximum Gasteiger partial charge on any atom is 0.240 e. The van der Waals surface area contributed by atoms with Gasteiger partial charge in [0, 0.05) is 25.7 Å². The molecule has 1 fully saturated rings. The zero-order valence-electron chi connectivity index (χ0n) is 13.7. The molecule has 1 aliphatic heterocycles. The SMILES string of the molecule is O=S(=O)(NC1CCN(Cc2ccccc2)CC1)c1ccc(Cl)c(Cl)c1. The molecule has 1 saturated heterocycles. The van der Waals surface area contributed by atoms with Crippen LogP contribution in [0.5, 0.6) is 0 Å². The second-order valence-electron chi connectivity index (χ2n) is 6.23. The fourth-order valence-electron chi connectivity index (χ4n) is 2.98. The van der Waals surface area contributed by atoms with E-state index in [2.05, 4.69) is 21.8 Å². The van der Waals surface area contributed by atoms with E-state index in [1.165, 1.54) is 23.8 Å². The number of benzene rings is 2. The highest BCUT2D eigenvalue weighted by Gasteiger charge is 2.25. The van der Waals surface area contributed by atoms with Crippen molar-refractivity contribution in [2.24, 2.45) is 0 Å². The van der Waals surface area contributed by atoms with Gasteiger partial charge < -0.3 is 0 Å². The lowest BCUT2D eigenvalue weighted by Crippen LogP contribution is -2.44. The van der Waals surface area contributed by atoms with Gasteiger partial charge in [-0.1, -0.05) is 53.5 Å². The van der Waals surface area contributed by atoms with Gasteiger partial charge >= 0.3 is 0 Å². The first-order valence-corrected chi connectivity index (χ1v) is 10.4. The van der Waals surface area contributed by atoms with Crippen LogP contribution in [0.3, 0.4) is 0 Å². The molecule has 0 aliphatic carbocycles. The Hall–Kier alpha value is -1.11. The molecule has 0 bridgehead atoms. The van der Waals surface area contributed by atoms with Gasteiger partial charge in [-0.25, -0.2) is 13.1 Å². The highest BCUT2D eigenvalue weighted by Crippen LogP contribution is 2.25. The lowest BCUT2D eigenvalue weighted by atomic mass is 10.1. The number of hydrogen-bond acceptors (Lipinski definition) is 3. The van der Waals surface area contributed by atoms with Crippen molar-refractivity contribution in [3.05, 3.63) is 64.1 Å². The van der Waals surface area contributed by atoms with Crippen LogP contribution < -0.4 is 4.72 Å². The molecular formula is C18H20Cl2N2O2S. The van der Waals surface area contributed by atoms with Crippen molar-refractivity contribution in [3.8, 4) is 0 Å². The van der Waals surface area contributed by atoms with Gasteiger partial charge in [0.1, 0.15) is 0 Å². The van der Waals surface area contributed by atoms with Gasteiger partial charge in [-0.3, -0.25) is 4.90 Å². The molecule has 134 valence electrons. The molecule has 0 amide bonds. The minimum Gasteiger partial charge on any atom is -0.299 e. The molecule has 0 aromatic heterocycles. The summed E-state index contributed by atoms with van der Waals surface area (Å²) in [5.41, 5.74) is 1.28. The van der Waals surface area contributed by atoms with E-state index < -0.39 is 10.0 Å². The molecule has 1 N–H and O–H groups in total. The van der Waals surface area contributed by atoms with Crippen molar-refractivity contribution < 1.29 is 8.42 Å². The van der Waals surface area contributed by atoms with E-state index in [0.29, 0.717) is 5.02 Å². The Kier molecular flexibility index (Phi) is 6.02. The molecule has 2 aromatic rings. The zero-order chi connectivity index (χ0) is 17.9. The fourth-order valence-corrected chi connectivity index (χ4v) is 4.68. The summed E-state index contributed by atoms with van der Waals surface area (Å²) < 4.78 is 27.8. The van der Waals surface area contributed by atoms with Crippen LogP contribution in [0, 0.1) is 0 Å². The molecule has 0 saturated carbocycles. The van der Waals surface area contributed by atoms with E-state index >= 15 is 0 Å². The Morgan fingerprint density at radius 2 is 1.68 bits per heavy atom. The summed E-state index contributed by atoms with van der Waals surface area (Å²) in [6.07, 6.45) is 1.57. The molecule has 2 aromatic carbocycles. The minimum atomic E-state index is -3.59. The molecule has 1 heterocycles. The van der Waals surface area contributed by atoms with E-state index in [1.54, 1.807) is 0 Å². The number of rotatable bonds is 5. The highest BCUT2D eigenvalue weighted by molar-refractivity contribution is 7.89. The van der Waals surface area contributed by atoms with E-state index in [4.69, 9.17) is 23.2 Å². The summed E-state index contributed by atoms with van der Waals surface area (Å²) >= 11 is 11.8. The van der Waals surface area contributed by atoms with E-state index in [9.17, 15) is 8.42 Å². The molecular weight excluding hydrogens is 379 g/mol. The van der Waals surface area contributed by atoms with Crippen molar-refractivity contribution in [2.75, 3.05) is 13.1 Å². The van der Waals surface area contributed by atoms with E-state index in [1.807, 2.05) is 18.2 Å². The van der Waals surface area contributed by atoms with Crippen LogP contribution >= 0.6 is 23.2 Å².